The van der Waals surface area contributed by atoms with Crippen LogP contribution < -0.4 is 5.73 Å². The van der Waals surface area contributed by atoms with Crippen LogP contribution in [0.25, 0.3) is 0 Å². The number of hydrogen-bond acceptors (Lipinski definition) is 3. The third kappa shape index (κ3) is 4.78. The molecule has 1 unspecified atom stereocenters. The number of carbonyl (C=O) groups excluding carboxylic acids is 2. The van der Waals surface area contributed by atoms with Crippen LogP contribution in [0.1, 0.15) is 42.9 Å². The maximum Gasteiger partial charge on any atom is 0.209 e. The highest BCUT2D eigenvalue weighted by Gasteiger charge is 2.18. The van der Waals surface area contributed by atoms with Crippen LogP contribution in [0.5, 0.6) is 0 Å². The van der Waals surface area contributed by atoms with Gasteiger partial charge in [-0.1, -0.05) is 30.7 Å². The predicted molar refractivity (Wildman–Crippen MR) is 80.3 cm³/mol. The maximum atomic E-state index is 11.1. The number of hydrogen-bond donors (Lipinski definition) is 1. The van der Waals surface area contributed by atoms with Gasteiger partial charge in [-0.05, 0) is 36.9 Å². The van der Waals surface area contributed by atoms with Gasteiger partial charge in [0.05, 0.1) is 6.04 Å². The first-order chi connectivity index (χ1) is 9.74. The molecule has 20 heavy (non-hydrogen) atoms. The maximum absolute atomic E-state index is 11.1. The minimum Gasteiger partial charge on any atom is -0.341 e. The third-order valence-corrected chi connectivity index (χ3v) is 3.54. The Balaban J connectivity index is 2.86. The summed E-state index contributed by atoms with van der Waals surface area (Å²) in [4.78, 5) is 23.2. The van der Waals surface area contributed by atoms with Crippen molar-refractivity contribution in [1.29, 1.82) is 0 Å². The summed E-state index contributed by atoms with van der Waals surface area (Å²) in [6.07, 6.45) is 5.87. The van der Waals surface area contributed by atoms with E-state index in [0.717, 1.165) is 38.4 Å². The summed E-state index contributed by atoms with van der Waals surface area (Å²) in [7, 11) is 1.80. The Bertz CT molecular complexity index is 421. The van der Waals surface area contributed by atoms with E-state index < -0.39 is 0 Å². The largest absolute Gasteiger partial charge is 0.341 e. The van der Waals surface area contributed by atoms with Gasteiger partial charge in [0.1, 0.15) is 6.29 Å². The van der Waals surface area contributed by atoms with Crippen LogP contribution in [0.15, 0.2) is 24.3 Å². The average Bonchev–Trinajstić information content (AvgIpc) is 2.48. The Morgan fingerprint density at radius 3 is 2.65 bits per heavy atom. The van der Waals surface area contributed by atoms with Gasteiger partial charge in [-0.3, -0.25) is 4.79 Å². The molecule has 1 amide bonds. The first kappa shape index (κ1) is 16.4. The molecule has 1 aromatic carbocycles. The summed E-state index contributed by atoms with van der Waals surface area (Å²) < 4.78 is 0. The fourth-order valence-corrected chi connectivity index (χ4v) is 2.46. The second-order valence-electron chi connectivity index (χ2n) is 4.98. The van der Waals surface area contributed by atoms with Crippen molar-refractivity contribution in [3.63, 3.8) is 0 Å². The van der Waals surface area contributed by atoms with Gasteiger partial charge in [0, 0.05) is 13.5 Å². The Morgan fingerprint density at radius 1 is 1.25 bits per heavy atom. The van der Waals surface area contributed by atoms with Gasteiger partial charge in [-0.25, -0.2) is 0 Å². The summed E-state index contributed by atoms with van der Waals surface area (Å²) in [6.45, 7) is 0.597. The minimum atomic E-state index is 0.0573. The van der Waals surface area contributed by atoms with Gasteiger partial charge in [0.2, 0.25) is 6.41 Å². The van der Waals surface area contributed by atoms with E-state index in [1.807, 2.05) is 12.1 Å². The quantitative estimate of drug-likeness (QED) is 0.525. The van der Waals surface area contributed by atoms with Crippen molar-refractivity contribution in [2.24, 2.45) is 5.73 Å². The number of unbranched alkanes of at least 4 members (excludes halogenated alkanes) is 2. The molecule has 2 N–H and O–H groups in total. The molecule has 1 rings (SSSR count). The molecule has 0 saturated carbocycles. The molecule has 0 aliphatic heterocycles. The molecular weight excluding hydrogens is 252 g/mol. The van der Waals surface area contributed by atoms with E-state index in [1.165, 1.54) is 11.1 Å². The summed E-state index contributed by atoms with van der Waals surface area (Å²) in [5, 5.41) is 0. The second kappa shape index (κ2) is 9.26. The molecule has 0 spiro atoms. The normalized spacial score (nSPS) is 11.9. The fraction of sp³-hybridized carbons (Fsp3) is 0.500. The minimum absolute atomic E-state index is 0.0573. The molecule has 110 valence electrons. The second-order valence-corrected chi connectivity index (χ2v) is 4.98. The highest BCUT2D eigenvalue weighted by atomic mass is 16.1. The number of benzene rings is 1. The van der Waals surface area contributed by atoms with Crippen LogP contribution >= 0.6 is 0 Å². The standard InChI is InChI=1S/C16H24N2O2/c1-18(13-20)16(9-3-2-6-12-19)15-8-5-4-7-14(15)10-11-17/h4-5,7-8,12-13,16H,2-3,6,9-11,17H2,1H3. The van der Waals surface area contributed by atoms with E-state index in [2.05, 4.69) is 12.1 Å². The monoisotopic (exact) mass is 276 g/mol. The van der Waals surface area contributed by atoms with Crippen LogP contribution in [0.3, 0.4) is 0 Å². The Labute approximate surface area is 121 Å². The molecule has 0 fully saturated rings. The van der Waals surface area contributed by atoms with Crippen molar-refractivity contribution in [3.05, 3.63) is 35.4 Å². The molecule has 0 saturated heterocycles. The molecule has 0 aliphatic carbocycles. The Morgan fingerprint density at radius 2 is 2.00 bits per heavy atom. The number of carbonyl (C=O) groups is 2. The van der Waals surface area contributed by atoms with Gasteiger partial charge in [-0.15, -0.1) is 0 Å². The number of aldehydes is 1. The first-order valence-corrected chi connectivity index (χ1v) is 7.13. The van der Waals surface area contributed by atoms with Crippen molar-refractivity contribution in [3.8, 4) is 0 Å². The van der Waals surface area contributed by atoms with Crippen LogP contribution in [0.4, 0.5) is 0 Å². The van der Waals surface area contributed by atoms with Crippen LogP contribution in [-0.2, 0) is 16.0 Å². The Hall–Kier alpha value is -1.68. The number of nitrogens with zero attached hydrogens (tertiary/aromatic N) is 1. The van der Waals surface area contributed by atoms with E-state index in [-0.39, 0.29) is 6.04 Å². The molecule has 0 bridgehead atoms. The smallest absolute Gasteiger partial charge is 0.209 e. The molecule has 1 atom stereocenters. The first-order valence-electron chi connectivity index (χ1n) is 7.13. The molecule has 0 radical (unpaired) electrons. The molecule has 0 aromatic heterocycles. The molecule has 0 heterocycles. The van der Waals surface area contributed by atoms with Crippen molar-refractivity contribution in [2.75, 3.05) is 13.6 Å². The van der Waals surface area contributed by atoms with Gasteiger partial charge in [0.25, 0.3) is 0 Å². The van der Waals surface area contributed by atoms with Gasteiger partial charge in [0.15, 0.2) is 0 Å². The van der Waals surface area contributed by atoms with Crippen molar-refractivity contribution in [2.45, 2.75) is 38.1 Å². The van der Waals surface area contributed by atoms with Gasteiger partial charge >= 0.3 is 0 Å². The lowest BCUT2D eigenvalue weighted by molar-refractivity contribution is -0.119. The lowest BCUT2D eigenvalue weighted by Crippen LogP contribution is -2.24. The number of amides is 1. The summed E-state index contributed by atoms with van der Waals surface area (Å²) in [5.41, 5.74) is 8.02. The molecule has 4 heteroatoms. The van der Waals surface area contributed by atoms with Crippen LogP contribution in [0, 0.1) is 0 Å². The predicted octanol–water partition coefficient (Wildman–Crippen LogP) is 2.08. The van der Waals surface area contributed by atoms with Gasteiger partial charge < -0.3 is 15.4 Å². The number of nitrogens with two attached hydrogens (primary N) is 1. The van der Waals surface area contributed by atoms with Crippen LogP contribution in [-0.4, -0.2) is 31.2 Å². The van der Waals surface area contributed by atoms with E-state index in [9.17, 15) is 9.59 Å². The fourth-order valence-electron chi connectivity index (χ4n) is 2.46. The van der Waals surface area contributed by atoms with E-state index in [1.54, 1.807) is 11.9 Å². The number of rotatable bonds is 10. The van der Waals surface area contributed by atoms with E-state index in [4.69, 9.17) is 5.73 Å². The molecule has 1 aromatic rings. The van der Waals surface area contributed by atoms with E-state index >= 15 is 0 Å². The molecular formula is C16H24N2O2. The topological polar surface area (TPSA) is 63.4 Å². The SMILES string of the molecule is CN(C=O)C(CCCCC=O)c1ccccc1CCN. The summed E-state index contributed by atoms with van der Waals surface area (Å²) in [5.74, 6) is 0. The highest BCUT2D eigenvalue weighted by Crippen LogP contribution is 2.27. The van der Waals surface area contributed by atoms with Gasteiger partial charge in [-0.2, -0.15) is 0 Å². The average molecular weight is 276 g/mol. The van der Waals surface area contributed by atoms with Crippen LogP contribution in [0.2, 0.25) is 0 Å². The molecule has 0 aliphatic rings. The zero-order valence-corrected chi connectivity index (χ0v) is 12.1. The van der Waals surface area contributed by atoms with E-state index in [0.29, 0.717) is 13.0 Å². The Kier molecular flexibility index (Phi) is 7.58. The van der Waals surface area contributed by atoms with Crippen molar-refractivity contribution in [1.82, 2.24) is 4.90 Å². The lowest BCUT2D eigenvalue weighted by atomic mass is 9.93. The molecule has 4 nitrogen and oxygen atoms in total. The summed E-state index contributed by atoms with van der Waals surface area (Å²) in [6, 6.07) is 8.18. The highest BCUT2D eigenvalue weighted by molar-refractivity contribution is 5.49. The third-order valence-electron chi connectivity index (χ3n) is 3.54. The zero-order valence-electron chi connectivity index (χ0n) is 12.1. The van der Waals surface area contributed by atoms with Crippen molar-refractivity contribution >= 4 is 12.7 Å². The summed E-state index contributed by atoms with van der Waals surface area (Å²) >= 11 is 0. The lowest BCUT2D eigenvalue weighted by Gasteiger charge is -2.27. The van der Waals surface area contributed by atoms with Crippen molar-refractivity contribution < 1.29 is 9.59 Å². The zero-order chi connectivity index (χ0) is 14.8.